The summed E-state index contributed by atoms with van der Waals surface area (Å²) in [4.78, 5) is 42.3. The predicted molar refractivity (Wildman–Crippen MR) is 106 cm³/mol. The third-order valence-corrected chi connectivity index (χ3v) is 5.48. The molecule has 0 radical (unpaired) electrons. The topological polar surface area (TPSA) is 102 Å². The van der Waals surface area contributed by atoms with E-state index >= 15 is 0 Å². The summed E-state index contributed by atoms with van der Waals surface area (Å²) >= 11 is 1.31. The molecule has 0 aromatic heterocycles. The van der Waals surface area contributed by atoms with E-state index in [0.717, 1.165) is 0 Å². The molecule has 0 saturated carbocycles. The summed E-state index contributed by atoms with van der Waals surface area (Å²) in [6, 6.07) is 5.17. The first-order valence-corrected chi connectivity index (χ1v) is 9.79. The van der Waals surface area contributed by atoms with Gasteiger partial charge < -0.3 is 4.74 Å². The fourth-order valence-electron chi connectivity index (χ4n) is 3.11. The monoisotopic (exact) mass is 403 g/mol. The molecule has 2 aliphatic rings. The van der Waals surface area contributed by atoms with Crippen molar-refractivity contribution < 1.29 is 19.2 Å². The van der Waals surface area contributed by atoms with Crippen molar-refractivity contribution in [3.63, 3.8) is 0 Å². The van der Waals surface area contributed by atoms with E-state index in [1.54, 1.807) is 26.0 Å². The van der Waals surface area contributed by atoms with Gasteiger partial charge >= 0.3 is 5.97 Å². The first-order valence-electron chi connectivity index (χ1n) is 8.91. The number of hydrogen-bond donors (Lipinski definition) is 0. The minimum atomic E-state index is -0.808. The Bertz CT molecular complexity index is 909. The van der Waals surface area contributed by atoms with Crippen molar-refractivity contribution in [3.05, 3.63) is 51.2 Å². The van der Waals surface area contributed by atoms with Crippen LogP contribution in [0.15, 0.2) is 40.5 Å². The van der Waals surface area contributed by atoms with Crippen LogP contribution in [-0.4, -0.2) is 38.7 Å². The maximum atomic E-state index is 12.9. The van der Waals surface area contributed by atoms with Gasteiger partial charge in [0.25, 0.3) is 5.69 Å². The highest BCUT2D eigenvalue weighted by Crippen LogP contribution is 2.43. The van der Waals surface area contributed by atoms with Crippen molar-refractivity contribution in [2.24, 2.45) is 10.9 Å². The number of benzene rings is 1. The molecule has 1 aromatic carbocycles. The Kier molecular flexibility index (Phi) is 5.55. The quantitative estimate of drug-likeness (QED) is 0.424. The average Bonchev–Trinajstić information content (AvgIpc) is 2.92. The number of nitrogens with zero attached hydrogens (tertiary/aromatic N) is 3. The summed E-state index contributed by atoms with van der Waals surface area (Å²) in [5.74, 6) is -0.613. The number of nitro groups is 1. The summed E-state index contributed by atoms with van der Waals surface area (Å²) in [5, 5.41) is 11.4. The summed E-state index contributed by atoms with van der Waals surface area (Å²) in [7, 11) is 0. The predicted octanol–water partition coefficient (Wildman–Crippen LogP) is 3.44. The van der Waals surface area contributed by atoms with Crippen molar-refractivity contribution in [1.29, 1.82) is 0 Å². The molecule has 2 aliphatic heterocycles. The number of amides is 1. The molecule has 0 unspecified atom stereocenters. The van der Waals surface area contributed by atoms with E-state index in [1.165, 1.54) is 28.8 Å². The maximum absolute atomic E-state index is 12.9. The van der Waals surface area contributed by atoms with Gasteiger partial charge in [-0.05, 0) is 25.3 Å². The SMILES string of the molecule is CC1=C(C(=O)OCC(C)C)[C@@H](c2cccc([N+](=O)[O-])c2)N2C(=O)[C@H](C)SC2=N1. The molecule has 148 valence electrons. The summed E-state index contributed by atoms with van der Waals surface area (Å²) < 4.78 is 5.41. The Balaban J connectivity index is 2.11. The Morgan fingerprint density at radius 2 is 2.14 bits per heavy atom. The number of fused-ring (bicyclic) bond motifs is 1. The fraction of sp³-hybridized carbons (Fsp3) is 0.421. The lowest BCUT2D eigenvalue weighted by Gasteiger charge is -2.33. The summed E-state index contributed by atoms with van der Waals surface area (Å²) in [5.41, 5.74) is 1.04. The fourth-order valence-corrected chi connectivity index (χ4v) is 4.14. The van der Waals surface area contributed by atoms with Crippen LogP contribution in [0, 0.1) is 16.0 Å². The van der Waals surface area contributed by atoms with Crippen molar-refractivity contribution >= 4 is 34.5 Å². The van der Waals surface area contributed by atoms with E-state index in [2.05, 4.69) is 4.99 Å². The number of hydrogen-bond acceptors (Lipinski definition) is 7. The smallest absolute Gasteiger partial charge is 0.338 e. The Labute approximate surface area is 166 Å². The Morgan fingerprint density at radius 3 is 2.79 bits per heavy atom. The van der Waals surface area contributed by atoms with Crippen LogP contribution in [0.4, 0.5) is 5.69 Å². The third kappa shape index (κ3) is 3.66. The van der Waals surface area contributed by atoms with E-state index in [1.807, 2.05) is 13.8 Å². The molecule has 2 heterocycles. The standard InChI is InChI=1S/C19H21N3O5S/c1-10(2)9-27-18(24)15-11(3)20-19-21(17(23)12(4)28-19)16(15)13-6-5-7-14(8-13)22(25)26/h5-8,10,12,16H,9H2,1-4H3/t12-,16+/m0/s1. The molecule has 0 N–H and O–H groups in total. The Hall–Kier alpha value is -2.68. The molecule has 0 aliphatic carbocycles. The number of rotatable bonds is 5. The van der Waals surface area contributed by atoms with Crippen molar-refractivity contribution in [2.45, 2.75) is 39.0 Å². The zero-order valence-corrected chi connectivity index (χ0v) is 16.9. The van der Waals surface area contributed by atoms with Crippen LogP contribution in [0.1, 0.15) is 39.3 Å². The number of allylic oxidation sites excluding steroid dienone is 1. The van der Waals surface area contributed by atoms with Gasteiger partial charge in [0.05, 0.1) is 34.1 Å². The maximum Gasteiger partial charge on any atom is 0.338 e. The number of esters is 1. The van der Waals surface area contributed by atoms with Crippen LogP contribution in [0.5, 0.6) is 0 Å². The molecule has 3 rings (SSSR count). The van der Waals surface area contributed by atoms with Crippen LogP contribution in [-0.2, 0) is 14.3 Å². The molecule has 8 nitrogen and oxygen atoms in total. The zero-order chi connectivity index (χ0) is 20.6. The first-order chi connectivity index (χ1) is 13.2. The zero-order valence-electron chi connectivity index (χ0n) is 16.0. The van der Waals surface area contributed by atoms with Gasteiger partial charge in [-0.3, -0.25) is 19.8 Å². The average molecular weight is 403 g/mol. The molecule has 2 atom stereocenters. The van der Waals surface area contributed by atoms with Crippen molar-refractivity contribution in [1.82, 2.24) is 4.90 Å². The van der Waals surface area contributed by atoms with Gasteiger partial charge in [-0.1, -0.05) is 37.7 Å². The summed E-state index contributed by atoms with van der Waals surface area (Å²) in [6.07, 6.45) is 0. The van der Waals surface area contributed by atoms with Crippen LogP contribution in [0.2, 0.25) is 0 Å². The van der Waals surface area contributed by atoms with Crippen LogP contribution in [0.3, 0.4) is 0 Å². The highest BCUT2D eigenvalue weighted by atomic mass is 32.2. The van der Waals surface area contributed by atoms with E-state index in [4.69, 9.17) is 4.74 Å². The second-order valence-electron chi connectivity index (χ2n) is 7.11. The molecule has 1 amide bonds. The Morgan fingerprint density at radius 1 is 1.43 bits per heavy atom. The number of carbonyl (C=O) groups is 2. The number of aliphatic imine (C=N–C) groups is 1. The van der Waals surface area contributed by atoms with E-state index < -0.39 is 16.9 Å². The van der Waals surface area contributed by atoms with E-state index in [0.29, 0.717) is 16.4 Å². The number of carbonyl (C=O) groups excluding carboxylic acids is 2. The molecule has 1 saturated heterocycles. The minimum absolute atomic E-state index is 0.110. The van der Waals surface area contributed by atoms with E-state index in [9.17, 15) is 19.7 Å². The summed E-state index contributed by atoms with van der Waals surface area (Å²) in [6.45, 7) is 7.53. The van der Waals surface area contributed by atoms with Crippen LogP contribution >= 0.6 is 11.8 Å². The second-order valence-corrected chi connectivity index (χ2v) is 8.42. The number of non-ortho nitro benzene ring substituents is 1. The van der Waals surface area contributed by atoms with Gasteiger partial charge in [0.15, 0.2) is 5.17 Å². The molecular formula is C19H21N3O5S. The van der Waals surface area contributed by atoms with Gasteiger partial charge in [0, 0.05) is 12.1 Å². The largest absolute Gasteiger partial charge is 0.462 e. The molecule has 0 bridgehead atoms. The normalized spacial score (nSPS) is 21.7. The lowest BCUT2D eigenvalue weighted by molar-refractivity contribution is -0.384. The van der Waals surface area contributed by atoms with E-state index in [-0.39, 0.29) is 34.9 Å². The second kappa shape index (κ2) is 7.75. The van der Waals surface area contributed by atoms with Gasteiger partial charge in [-0.2, -0.15) is 0 Å². The van der Waals surface area contributed by atoms with Gasteiger partial charge in [-0.15, -0.1) is 0 Å². The first kappa shape index (κ1) is 20.1. The molecule has 0 spiro atoms. The lowest BCUT2D eigenvalue weighted by Crippen LogP contribution is -2.40. The highest BCUT2D eigenvalue weighted by molar-refractivity contribution is 8.15. The number of amidine groups is 1. The lowest BCUT2D eigenvalue weighted by atomic mass is 9.94. The number of nitro benzene ring substituents is 1. The van der Waals surface area contributed by atoms with Gasteiger partial charge in [-0.25, -0.2) is 9.79 Å². The molecule has 1 fully saturated rings. The highest BCUT2D eigenvalue weighted by Gasteiger charge is 2.46. The van der Waals surface area contributed by atoms with Gasteiger partial charge in [0.1, 0.15) is 0 Å². The van der Waals surface area contributed by atoms with Crippen molar-refractivity contribution in [3.8, 4) is 0 Å². The molecule has 9 heteroatoms. The minimum Gasteiger partial charge on any atom is -0.462 e. The van der Waals surface area contributed by atoms with Crippen LogP contribution < -0.4 is 0 Å². The molecule has 1 aromatic rings. The number of ether oxygens (including phenoxy) is 1. The third-order valence-electron chi connectivity index (χ3n) is 4.42. The molecule has 28 heavy (non-hydrogen) atoms. The van der Waals surface area contributed by atoms with Gasteiger partial charge in [0.2, 0.25) is 5.91 Å². The van der Waals surface area contributed by atoms with Crippen molar-refractivity contribution in [2.75, 3.05) is 6.61 Å². The number of thioether (sulfide) groups is 1. The van der Waals surface area contributed by atoms with Crippen LogP contribution in [0.25, 0.3) is 0 Å². The molecular weight excluding hydrogens is 382 g/mol.